The van der Waals surface area contributed by atoms with Crippen LogP contribution in [0.2, 0.25) is 0 Å². The zero-order valence-electron chi connectivity index (χ0n) is 11.3. The molecule has 0 aliphatic heterocycles. The van der Waals surface area contributed by atoms with Gasteiger partial charge in [0.25, 0.3) is 0 Å². The van der Waals surface area contributed by atoms with Crippen LogP contribution in [0.1, 0.15) is 38.5 Å². The molecule has 1 spiro atoms. The summed E-state index contributed by atoms with van der Waals surface area (Å²) < 4.78 is 16.5. The van der Waals surface area contributed by atoms with Crippen molar-refractivity contribution in [3.05, 3.63) is 0 Å². The minimum atomic E-state index is 0.454. The third kappa shape index (κ3) is 3.27. The molecule has 2 atom stereocenters. The normalized spacial score (nSPS) is 29.7. The molecule has 2 fully saturated rings. The van der Waals surface area contributed by atoms with Crippen molar-refractivity contribution >= 4 is 15.9 Å². The fourth-order valence-corrected chi connectivity index (χ4v) is 4.35. The zero-order valence-corrected chi connectivity index (χ0v) is 12.9. The summed E-state index contributed by atoms with van der Waals surface area (Å²) in [6, 6.07) is 0. The Morgan fingerprint density at radius 1 is 1.11 bits per heavy atom. The van der Waals surface area contributed by atoms with Gasteiger partial charge in [0.2, 0.25) is 0 Å². The summed E-state index contributed by atoms with van der Waals surface area (Å²) in [5.41, 5.74) is 0.454. The Morgan fingerprint density at radius 3 is 2.56 bits per heavy atom. The Bertz CT molecular complexity index is 241. The van der Waals surface area contributed by atoms with Gasteiger partial charge in [-0.25, -0.2) is 0 Å². The van der Waals surface area contributed by atoms with E-state index >= 15 is 0 Å². The van der Waals surface area contributed by atoms with Gasteiger partial charge in [-0.2, -0.15) is 0 Å². The fraction of sp³-hybridized carbons (Fsp3) is 1.00. The SMILES string of the molecule is COCCCOCCOC1CC(Br)C12CCCC2. The first-order chi connectivity index (χ1) is 8.79. The maximum Gasteiger partial charge on any atom is 0.0704 e. The third-order valence-electron chi connectivity index (χ3n) is 4.40. The maximum atomic E-state index is 6.01. The summed E-state index contributed by atoms with van der Waals surface area (Å²) in [5, 5.41) is 0. The van der Waals surface area contributed by atoms with Gasteiger partial charge in [0.05, 0.1) is 19.3 Å². The van der Waals surface area contributed by atoms with Crippen molar-refractivity contribution in [2.24, 2.45) is 5.41 Å². The van der Waals surface area contributed by atoms with Crippen molar-refractivity contribution in [3.8, 4) is 0 Å². The second kappa shape index (κ2) is 7.22. The summed E-state index contributed by atoms with van der Waals surface area (Å²) in [4.78, 5) is 0.681. The van der Waals surface area contributed by atoms with Crippen LogP contribution in [0.3, 0.4) is 0 Å². The lowest BCUT2D eigenvalue weighted by atomic mass is 9.65. The molecule has 2 aliphatic carbocycles. The van der Waals surface area contributed by atoms with Crippen LogP contribution < -0.4 is 0 Å². The van der Waals surface area contributed by atoms with Crippen LogP contribution in [0, 0.1) is 5.41 Å². The molecular weight excluding hydrogens is 296 g/mol. The predicted molar refractivity (Wildman–Crippen MR) is 75.3 cm³/mol. The lowest BCUT2D eigenvalue weighted by Gasteiger charge is -2.51. The van der Waals surface area contributed by atoms with Crippen LogP contribution in [0.25, 0.3) is 0 Å². The summed E-state index contributed by atoms with van der Waals surface area (Å²) in [5.74, 6) is 0. The summed E-state index contributed by atoms with van der Waals surface area (Å²) in [7, 11) is 1.72. The lowest BCUT2D eigenvalue weighted by molar-refractivity contribution is -0.112. The van der Waals surface area contributed by atoms with Gasteiger partial charge < -0.3 is 14.2 Å². The minimum absolute atomic E-state index is 0.454. The van der Waals surface area contributed by atoms with Gasteiger partial charge in [-0.15, -0.1) is 0 Å². The van der Waals surface area contributed by atoms with E-state index in [1.54, 1.807) is 7.11 Å². The van der Waals surface area contributed by atoms with Crippen molar-refractivity contribution in [2.75, 3.05) is 33.5 Å². The molecule has 0 aromatic rings. The van der Waals surface area contributed by atoms with Crippen molar-refractivity contribution in [1.29, 1.82) is 0 Å². The average molecular weight is 321 g/mol. The summed E-state index contributed by atoms with van der Waals surface area (Å²) >= 11 is 3.81. The number of hydrogen-bond acceptors (Lipinski definition) is 3. The summed E-state index contributed by atoms with van der Waals surface area (Å²) in [6.07, 6.45) is 8.01. The van der Waals surface area contributed by atoms with Crippen molar-refractivity contribution in [3.63, 3.8) is 0 Å². The van der Waals surface area contributed by atoms with E-state index in [-0.39, 0.29) is 0 Å². The molecule has 0 aromatic heterocycles. The second-order valence-electron chi connectivity index (χ2n) is 5.46. The molecule has 0 heterocycles. The largest absolute Gasteiger partial charge is 0.385 e. The maximum absolute atomic E-state index is 6.01. The van der Waals surface area contributed by atoms with Crippen LogP contribution in [-0.4, -0.2) is 44.5 Å². The number of alkyl halides is 1. The first kappa shape index (κ1) is 14.8. The quantitative estimate of drug-likeness (QED) is 0.508. The van der Waals surface area contributed by atoms with Gasteiger partial charge >= 0.3 is 0 Å². The van der Waals surface area contributed by atoms with Crippen molar-refractivity contribution < 1.29 is 14.2 Å². The molecule has 18 heavy (non-hydrogen) atoms. The number of halogens is 1. The average Bonchev–Trinajstić information content (AvgIpc) is 2.88. The molecule has 2 rings (SSSR count). The Labute approximate surface area is 119 Å². The molecule has 2 aliphatic rings. The van der Waals surface area contributed by atoms with E-state index in [4.69, 9.17) is 14.2 Å². The van der Waals surface area contributed by atoms with Crippen LogP contribution in [0.5, 0.6) is 0 Å². The van der Waals surface area contributed by atoms with Crippen LogP contribution in [-0.2, 0) is 14.2 Å². The van der Waals surface area contributed by atoms with E-state index in [1.165, 1.54) is 32.1 Å². The minimum Gasteiger partial charge on any atom is -0.385 e. The zero-order chi connectivity index (χ0) is 12.8. The number of rotatable bonds is 8. The highest BCUT2D eigenvalue weighted by Gasteiger charge is 2.55. The molecule has 0 saturated heterocycles. The molecule has 3 nitrogen and oxygen atoms in total. The van der Waals surface area contributed by atoms with Crippen molar-refractivity contribution in [1.82, 2.24) is 0 Å². The topological polar surface area (TPSA) is 27.7 Å². The smallest absolute Gasteiger partial charge is 0.0704 e. The Balaban J connectivity index is 1.55. The van der Waals surface area contributed by atoms with E-state index in [9.17, 15) is 0 Å². The van der Waals surface area contributed by atoms with E-state index < -0.39 is 0 Å². The highest BCUT2D eigenvalue weighted by molar-refractivity contribution is 9.09. The standard InChI is InChI=1S/C14H25BrO3/c1-16-7-4-8-17-9-10-18-13-11-12(15)14(13)5-2-3-6-14/h12-13H,2-11H2,1H3. The number of ether oxygens (including phenoxy) is 3. The first-order valence-corrected chi connectivity index (χ1v) is 8.03. The molecule has 0 bridgehead atoms. The Morgan fingerprint density at radius 2 is 1.89 bits per heavy atom. The van der Waals surface area contributed by atoms with Gasteiger partial charge in [0.15, 0.2) is 0 Å². The highest BCUT2D eigenvalue weighted by atomic mass is 79.9. The molecule has 0 aromatic carbocycles. The van der Waals surface area contributed by atoms with E-state index in [1.807, 2.05) is 0 Å². The van der Waals surface area contributed by atoms with Crippen molar-refractivity contribution in [2.45, 2.75) is 49.5 Å². The highest BCUT2D eigenvalue weighted by Crippen LogP contribution is 2.57. The van der Waals surface area contributed by atoms with E-state index in [2.05, 4.69) is 15.9 Å². The van der Waals surface area contributed by atoms with E-state index in [0.29, 0.717) is 23.0 Å². The van der Waals surface area contributed by atoms with Gasteiger partial charge in [-0.1, -0.05) is 28.8 Å². The monoisotopic (exact) mass is 320 g/mol. The molecule has 4 heteroatoms. The molecule has 2 saturated carbocycles. The Hall–Kier alpha value is 0.360. The number of hydrogen-bond donors (Lipinski definition) is 0. The van der Waals surface area contributed by atoms with Crippen LogP contribution >= 0.6 is 15.9 Å². The van der Waals surface area contributed by atoms with Gasteiger partial charge in [0.1, 0.15) is 0 Å². The molecule has 0 amide bonds. The van der Waals surface area contributed by atoms with Gasteiger partial charge in [0, 0.05) is 30.6 Å². The van der Waals surface area contributed by atoms with Crippen LogP contribution in [0.15, 0.2) is 0 Å². The Kier molecular flexibility index (Phi) is 5.93. The molecular formula is C14H25BrO3. The number of methoxy groups -OCH3 is 1. The molecule has 2 unspecified atom stereocenters. The lowest BCUT2D eigenvalue weighted by Crippen LogP contribution is -2.54. The first-order valence-electron chi connectivity index (χ1n) is 7.12. The second-order valence-corrected chi connectivity index (χ2v) is 6.57. The third-order valence-corrected chi connectivity index (χ3v) is 5.69. The van der Waals surface area contributed by atoms with Gasteiger partial charge in [-0.05, 0) is 25.7 Å². The van der Waals surface area contributed by atoms with Crippen LogP contribution in [0.4, 0.5) is 0 Å². The molecule has 0 N–H and O–H groups in total. The van der Waals surface area contributed by atoms with Gasteiger partial charge in [-0.3, -0.25) is 0 Å². The summed E-state index contributed by atoms with van der Waals surface area (Å²) in [6.45, 7) is 2.99. The molecule has 106 valence electrons. The van der Waals surface area contributed by atoms with E-state index in [0.717, 1.165) is 26.2 Å². The predicted octanol–water partition coefficient (Wildman–Crippen LogP) is 3.15. The fourth-order valence-electron chi connectivity index (χ4n) is 3.26. The molecule has 0 radical (unpaired) electrons.